The first-order chi connectivity index (χ1) is 9.21. The number of nitrogens with one attached hydrogen (secondary N) is 1. The van der Waals surface area contributed by atoms with Gasteiger partial charge in [-0.2, -0.15) is 0 Å². The van der Waals surface area contributed by atoms with Crippen LogP contribution >= 0.6 is 0 Å². The largest absolute Gasteiger partial charge is 0.384 e. The van der Waals surface area contributed by atoms with E-state index in [0.29, 0.717) is 19.6 Å². The Morgan fingerprint density at radius 1 is 1.26 bits per heavy atom. The van der Waals surface area contributed by atoms with E-state index in [1.54, 1.807) is 4.90 Å². The monoisotopic (exact) mass is 260 g/mol. The summed E-state index contributed by atoms with van der Waals surface area (Å²) in [7, 11) is 0. The lowest BCUT2D eigenvalue weighted by atomic mass is 10.1. The van der Waals surface area contributed by atoms with Crippen LogP contribution in [0.4, 0.5) is 4.79 Å². The van der Waals surface area contributed by atoms with E-state index in [1.807, 2.05) is 38.1 Å². The third-order valence-corrected chi connectivity index (χ3v) is 2.76. The second-order valence-corrected chi connectivity index (χ2v) is 3.99. The molecule has 0 aliphatic rings. The minimum absolute atomic E-state index is 0.0471. The van der Waals surface area contributed by atoms with Gasteiger partial charge in [-0.15, -0.1) is 0 Å². The minimum atomic E-state index is -0.137. The second-order valence-electron chi connectivity index (χ2n) is 3.99. The van der Waals surface area contributed by atoms with Gasteiger partial charge in [0.15, 0.2) is 0 Å². The van der Waals surface area contributed by atoms with Crippen molar-refractivity contribution in [3.05, 3.63) is 35.4 Å². The van der Waals surface area contributed by atoms with Crippen molar-refractivity contribution < 1.29 is 9.90 Å². The molecule has 0 bridgehead atoms. The maximum absolute atomic E-state index is 11.8. The number of carbonyl (C=O) groups is 1. The number of rotatable bonds is 4. The van der Waals surface area contributed by atoms with Gasteiger partial charge in [0.1, 0.15) is 6.61 Å². The second kappa shape index (κ2) is 8.17. The third-order valence-electron chi connectivity index (χ3n) is 2.76. The highest BCUT2D eigenvalue weighted by molar-refractivity contribution is 5.74. The van der Waals surface area contributed by atoms with Gasteiger partial charge < -0.3 is 15.3 Å². The zero-order chi connectivity index (χ0) is 14.1. The standard InChI is InChI=1S/C15H20N2O2/c1-3-17(4-2)15(19)16-12-14-9-7-13(8-10-14)6-5-11-18/h7-10,18H,3-4,11-12H2,1-2H3,(H,16,19). The Hall–Kier alpha value is -1.99. The average Bonchev–Trinajstić information content (AvgIpc) is 2.45. The number of aliphatic hydroxyl groups excluding tert-OH is 1. The Morgan fingerprint density at radius 2 is 1.89 bits per heavy atom. The number of hydrogen-bond donors (Lipinski definition) is 2. The van der Waals surface area contributed by atoms with Crippen LogP contribution in [0.1, 0.15) is 25.0 Å². The highest BCUT2D eigenvalue weighted by atomic mass is 16.2. The van der Waals surface area contributed by atoms with Gasteiger partial charge in [-0.25, -0.2) is 4.79 Å². The van der Waals surface area contributed by atoms with Crippen LogP contribution in [0.5, 0.6) is 0 Å². The lowest BCUT2D eigenvalue weighted by Crippen LogP contribution is -2.39. The first-order valence-corrected chi connectivity index (χ1v) is 6.42. The van der Waals surface area contributed by atoms with E-state index in [1.165, 1.54) is 0 Å². The number of benzene rings is 1. The number of urea groups is 1. The van der Waals surface area contributed by atoms with Crippen molar-refractivity contribution in [2.24, 2.45) is 0 Å². The topological polar surface area (TPSA) is 52.6 Å². The predicted molar refractivity (Wildman–Crippen MR) is 75.6 cm³/mol. The molecule has 0 saturated carbocycles. The number of aliphatic hydroxyl groups is 1. The number of carbonyl (C=O) groups excluding carboxylic acids is 1. The molecule has 0 saturated heterocycles. The van der Waals surface area contributed by atoms with Crippen LogP contribution in [-0.4, -0.2) is 35.7 Å². The van der Waals surface area contributed by atoms with Gasteiger partial charge in [0.25, 0.3) is 0 Å². The minimum Gasteiger partial charge on any atom is -0.384 e. The van der Waals surface area contributed by atoms with E-state index in [-0.39, 0.29) is 12.6 Å². The fraction of sp³-hybridized carbons (Fsp3) is 0.400. The smallest absolute Gasteiger partial charge is 0.317 e. The van der Waals surface area contributed by atoms with Gasteiger partial charge in [-0.3, -0.25) is 0 Å². The summed E-state index contributed by atoms with van der Waals surface area (Å²) in [6, 6.07) is 7.55. The Morgan fingerprint density at radius 3 is 2.42 bits per heavy atom. The molecule has 0 aromatic heterocycles. The molecule has 19 heavy (non-hydrogen) atoms. The summed E-state index contributed by atoms with van der Waals surface area (Å²) in [4.78, 5) is 13.5. The maximum Gasteiger partial charge on any atom is 0.317 e. The molecule has 4 heteroatoms. The molecule has 1 rings (SSSR count). The lowest BCUT2D eigenvalue weighted by Gasteiger charge is -2.19. The highest BCUT2D eigenvalue weighted by Gasteiger charge is 2.07. The van der Waals surface area contributed by atoms with Crippen LogP contribution in [0, 0.1) is 11.8 Å². The van der Waals surface area contributed by atoms with Crippen molar-refractivity contribution in [1.29, 1.82) is 0 Å². The van der Waals surface area contributed by atoms with Crippen molar-refractivity contribution in [3.8, 4) is 11.8 Å². The fourth-order valence-electron chi connectivity index (χ4n) is 1.65. The number of hydrogen-bond acceptors (Lipinski definition) is 2. The molecule has 0 heterocycles. The van der Waals surface area contributed by atoms with Gasteiger partial charge in [-0.1, -0.05) is 24.0 Å². The molecule has 0 unspecified atom stereocenters. The van der Waals surface area contributed by atoms with E-state index in [2.05, 4.69) is 17.2 Å². The molecule has 2 amide bonds. The zero-order valence-corrected chi connectivity index (χ0v) is 11.4. The number of amides is 2. The third kappa shape index (κ3) is 5.02. The average molecular weight is 260 g/mol. The summed E-state index contributed by atoms with van der Waals surface area (Å²) in [5.41, 5.74) is 1.88. The molecule has 0 radical (unpaired) electrons. The van der Waals surface area contributed by atoms with E-state index in [4.69, 9.17) is 5.11 Å². The van der Waals surface area contributed by atoms with Gasteiger partial charge in [0.05, 0.1) is 0 Å². The van der Waals surface area contributed by atoms with Crippen LogP contribution in [-0.2, 0) is 6.54 Å². The van der Waals surface area contributed by atoms with E-state index >= 15 is 0 Å². The molecule has 1 aromatic rings. The molecular weight excluding hydrogens is 240 g/mol. The van der Waals surface area contributed by atoms with Crippen LogP contribution in [0.2, 0.25) is 0 Å². The van der Waals surface area contributed by atoms with Crippen molar-refractivity contribution >= 4 is 6.03 Å². The van der Waals surface area contributed by atoms with Gasteiger partial charge in [0, 0.05) is 25.2 Å². The van der Waals surface area contributed by atoms with Crippen LogP contribution < -0.4 is 5.32 Å². The summed E-state index contributed by atoms with van der Waals surface area (Å²) >= 11 is 0. The Balaban J connectivity index is 2.52. The van der Waals surface area contributed by atoms with E-state index in [9.17, 15) is 4.79 Å². The SMILES string of the molecule is CCN(CC)C(=O)NCc1ccc(C#CCO)cc1. The predicted octanol–water partition coefficient (Wildman–Crippen LogP) is 1.58. The normalized spacial score (nSPS) is 9.42. The Kier molecular flexibility index (Phi) is 6.48. The Labute approximate surface area is 114 Å². The number of nitrogens with zero attached hydrogens (tertiary/aromatic N) is 1. The fourth-order valence-corrected chi connectivity index (χ4v) is 1.65. The lowest BCUT2D eigenvalue weighted by molar-refractivity contribution is 0.203. The summed E-state index contributed by atoms with van der Waals surface area (Å²) in [5, 5.41) is 11.5. The van der Waals surface area contributed by atoms with Crippen LogP contribution in [0.25, 0.3) is 0 Å². The van der Waals surface area contributed by atoms with Gasteiger partial charge in [0.2, 0.25) is 0 Å². The molecule has 0 spiro atoms. The van der Waals surface area contributed by atoms with Gasteiger partial charge in [-0.05, 0) is 31.5 Å². The van der Waals surface area contributed by atoms with Crippen molar-refractivity contribution in [3.63, 3.8) is 0 Å². The quantitative estimate of drug-likeness (QED) is 0.808. The summed E-state index contributed by atoms with van der Waals surface area (Å²) in [5.74, 6) is 5.42. The van der Waals surface area contributed by atoms with Gasteiger partial charge >= 0.3 is 6.03 Å². The van der Waals surface area contributed by atoms with E-state index in [0.717, 1.165) is 11.1 Å². The molecule has 0 aliphatic heterocycles. The van der Waals surface area contributed by atoms with Crippen LogP contribution in [0.15, 0.2) is 24.3 Å². The molecule has 4 nitrogen and oxygen atoms in total. The maximum atomic E-state index is 11.8. The first-order valence-electron chi connectivity index (χ1n) is 6.42. The molecule has 102 valence electrons. The van der Waals surface area contributed by atoms with Crippen molar-refractivity contribution in [2.75, 3.05) is 19.7 Å². The molecule has 2 N–H and O–H groups in total. The molecule has 0 atom stereocenters. The van der Waals surface area contributed by atoms with Crippen LogP contribution in [0.3, 0.4) is 0 Å². The molecule has 1 aromatic carbocycles. The van der Waals surface area contributed by atoms with Crippen molar-refractivity contribution in [2.45, 2.75) is 20.4 Å². The summed E-state index contributed by atoms with van der Waals surface area (Å²) < 4.78 is 0. The summed E-state index contributed by atoms with van der Waals surface area (Å²) in [6.45, 7) is 5.69. The molecule has 0 aliphatic carbocycles. The summed E-state index contributed by atoms with van der Waals surface area (Å²) in [6.07, 6.45) is 0. The van der Waals surface area contributed by atoms with E-state index < -0.39 is 0 Å². The highest BCUT2D eigenvalue weighted by Crippen LogP contribution is 2.03. The first kappa shape index (κ1) is 15.1. The zero-order valence-electron chi connectivity index (χ0n) is 11.4. The van der Waals surface area contributed by atoms with Crippen molar-refractivity contribution in [1.82, 2.24) is 10.2 Å². The Bertz CT molecular complexity index is 453. The molecule has 0 fully saturated rings. The molecular formula is C15H20N2O2.